The van der Waals surface area contributed by atoms with Gasteiger partial charge >= 0.3 is 0 Å². The second kappa shape index (κ2) is 9.01. The highest BCUT2D eigenvalue weighted by Crippen LogP contribution is 2.19. The Morgan fingerprint density at radius 1 is 1.32 bits per heavy atom. The molecule has 1 aromatic heterocycles. The first-order valence-electron chi connectivity index (χ1n) is 8.49. The van der Waals surface area contributed by atoms with E-state index in [2.05, 4.69) is 15.4 Å². The Hall–Kier alpha value is -1.86. The van der Waals surface area contributed by atoms with Crippen LogP contribution in [0.1, 0.15) is 18.6 Å². The molecule has 3 rings (SSSR count). The summed E-state index contributed by atoms with van der Waals surface area (Å²) in [5.74, 6) is 1.63. The number of halogens is 1. The Balaban J connectivity index is 1.37. The SMILES string of the molecule is O=C(CSCCN1CCCC1)NCc1cc(-c2cccc(F)c2)no1. The molecule has 1 aliphatic rings. The van der Waals surface area contributed by atoms with Crippen LogP contribution in [0, 0.1) is 5.82 Å². The number of thioether (sulfide) groups is 1. The van der Waals surface area contributed by atoms with Gasteiger partial charge in [-0.2, -0.15) is 11.8 Å². The van der Waals surface area contributed by atoms with E-state index in [0.29, 0.717) is 22.8 Å². The normalized spacial score (nSPS) is 14.8. The van der Waals surface area contributed by atoms with Crippen LogP contribution >= 0.6 is 11.8 Å². The van der Waals surface area contributed by atoms with Crippen LogP contribution in [0.2, 0.25) is 0 Å². The Morgan fingerprint density at radius 3 is 2.96 bits per heavy atom. The lowest BCUT2D eigenvalue weighted by Crippen LogP contribution is -2.26. The molecule has 2 heterocycles. The molecule has 5 nitrogen and oxygen atoms in total. The van der Waals surface area contributed by atoms with Crippen LogP contribution in [0.15, 0.2) is 34.9 Å². The van der Waals surface area contributed by atoms with E-state index in [-0.39, 0.29) is 18.3 Å². The van der Waals surface area contributed by atoms with Crippen molar-refractivity contribution in [2.45, 2.75) is 19.4 Å². The van der Waals surface area contributed by atoms with E-state index in [4.69, 9.17) is 4.52 Å². The van der Waals surface area contributed by atoms with E-state index in [1.54, 1.807) is 30.0 Å². The summed E-state index contributed by atoms with van der Waals surface area (Å²) >= 11 is 1.65. The van der Waals surface area contributed by atoms with Gasteiger partial charge in [0.25, 0.3) is 0 Å². The van der Waals surface area contributed by atoms with Crippen molar-refractivity contribution >= 4 is 17.7 Å². The van der Waals surface area contributed by atoms with Gasteiger partial charge in [-0.25, -0.2) is 4.39 Å². The molecule has 1 N–H and O–H groups in total. The van der Waals surface area contributed by atoms with Crippen molar-refractivity contribution in [1.82, 2.24) is 15.4 Å². The standard InChI is InChI=1S/C18H22FN3O2S/c19-15-5-3-4-14(10-15)17-11-16(24-21-17)12-20-18(23)13-25-9-8-22-6-1-2-7-22/h3-5,10-11H,1-2,6-9,12-13H2,(H,20,23). The average Bonchev–Trinajstić information content (AvgIpc) is 3.28. The predicted octanol–water partition coefficient (Wildman–Crippen LogP) is 2.93. The molecule has 7 heteroatoms. The van der Waals surface area contributed by atoms with Crippen molar-refractivity contribution in [3.05, 3.63) is 41.9 Å². The lowest BCUT2D eigenvalue weighted by molar-refractivity contribution is -0.118. The van der Waals surface area contributed by atoms with Crippen molar-refractivity contribution in [3.8, 4) is 11.3 Å². The summed E-state index contributed by atoms with van der Waals surface area (Å²) in [5.41, 5.74) is 1.21. The zero-order valence-electron chi connectivity index (χ0n) is 14.0. The maximum Gasteiger partial charge on any atom is 0.230 e. The third-order valence-corrected chi connectivity index (χ3v) is 5.06. The quantitative estimate of drug-likeness (QED) is 0.731. The monoisotopic (exact) mass is 363 g/mol. The van der Waals surface area contributed by atoms with Crippen molar-refractivity contribution in [2.75, 3.05) is 31.1 Å². The van der Waals surface area contributed by atoms with Crippen molar-refractivity contribution in [2.24, 2.45) is 0 Å². The summed E-state index contributed by atoms with van der Waals surface area (Å²) in [5, 5.41) is 6.74. The molecule has 1 fully saturated rings. The molecule has 25 heavy (non-hydrogen) atoms. The Labute approximate surface area is 150 Å². The number of nitrogens with zero attached hydrogens (tertiary/aromatic N) is 2. The van der Waals surface area contributed by atoms with Gasteiger partial charge in [-0.1, -0.05) is 17.3 Å². The molecular weight excluding hydrogens is 341 g/mol. The zero-order valence-corrected chi connectivity index (χ0v) is 14.9. The van der Waals surface area contributed by atoms with Gasteiger partial charge in [-0.15, -0.1) is 0 Å². The fourth-order valence-corrected chi connectivity index (χ4v) is 3.60. The van der Waals surface area contributed by atoms with Crippen molar-refractivity contribution in [1.29, 1.82) is 0 Å². The number of hydrogen-bond donors (Lipinski definition) is 1. The summed E-state index contributed by atoms with van der Waals surface area (Å²) in [6.07, 6.45) is 2.58. The van der Waals surface area contributed by atoms with E-state index in [1.165, 1.54) is 38.1 Å². The minimum absolute atomic E-state index is 0.0184. The molecule has 1 amide bonds. The van der Waals surface area contributed by atoms with Crippen LogP contribution in [-0.4, -0.2) is 47.1 Å². The molecule has 1 saturated heterocycles. The van der Waals surface area contributed by atoms with Crippen LogP contribution in [-0.2, 0) is 11.3 Å². The van der Waals surface area contributed by atoms with Crippen LogP contribution in [0.4, 0.5) is 4.39 Å². The van der Waals surface area contributed by atoms with Gasteiger partial charge in [0.1, 0.15) is 11.5 Å². The van der Waals surface area contributed by atoms with Crippen molar-refractivity contribution in [3.63, 3.8) is 0 Å². The smallest absolute Gasteiger partial charge is 0.230 e. The molecule has 134 valence electrons. The first-order valence-corrected chi connectivity index (χ1v) is 9.64. The largest absolute Gasteiger partial charge is 0.359 e. The van der Waals surface area contributed by atoms with E-state index in [1.807, 2.05) is 0 Å². The first kappa shape index (κ1) is 17.9. The molecule has 0 spiro atoms. The maximum absolute atomic E-state index is 13.2. The van der Waals surface area contributed by atoms with Gasteiger partial charge in [0.2, 0.25) is 5.91 Å². The number of benzene rings is 1. The summed E-state index contributed by atoms with van der Waals surface area (Å²) < 4.78 is 18.4. The van der Waals surface area contributed by atoms with Crippen LogP contribution in [0.25, 0.3) is 11.3 Å². The van der Waals surface area contributed by atoms with Gasteiger partial charge in [0.15, 0.2) is 5.76 Å². The molecule has 0 unspecified atom stereocenters. The first-order chi connectivity index (χ1) is 12.2. The summed E-state index contributed by atoms with van der Waals surface area (Å²) in [6.45, 7) is 3.71. The summed E-state index contributed by atoms with van der Waals surface area (Å²) in [6, 6.07) is 7.89. The number of amides is 1. The molecule has 1 aromatic carbocycles. The Kier molecular flexibility index (Phi) is 6.47. The van der Waals surface area contributed by atoms with E-state index in [0.717, 1.165) is 12.3 Å². The van der Waals surface area contributed by atoms with Crippen molar-refractivity contribution < 1.29 is 13.7 Å². The second-order valence-corrected chi connectivity index (χ2v) is 7.17. The van der Waals surface area contributed by atoms with Crippen LogP contribution in [0.3, 0.4) is 0 Å². The predicted molar refractivity (Wildman–Crippen MR) is 96.7 cm³/mol. The molecule has 0 saturated carbocycles. The topological polar surface area (TPSA) is 58.4 Å². The second-order valence-electron chi connectivity index (χ2n) is 6.07. The van der Waals surface area contributed by atoms with Gasteiger partial charge in [0.05, 0.1) is 12.3 Å². The number of likely N-dealkylation sites (tertiary alicyclic amines) is 1. The molecule has 0 atom stereocenters. The highest BCUT2D eigenvalue weighted by Gasteiger charge is 2.12. The minimum Gasteiger partial charge on any atom is -0.359 e. The third-order valence-electron chi connectivity index (χ3n) is 4.12. The highest BCUT2D eigenvalue weighted by molar-refractivity contribution is 7.99. The fourth-order valence-electron chi connectivity index (χ4n) is 2.78. The summed E-state index contributed by atoms with van der Waals surface area (Å²) in [4.78, 5) is 14.3. The zero-order chi connectivity index (χ0) is 17.5. The molecule has 0 aliphatic carbocycles. The lowest BCUT2D eigenvalue weighted by atomic mass is 10.1. The van der Waals surface area contributed by atoms with E-state index < -0.39 is 0 Å². The maximum atomic E-state index is 13.2. The van der Waals surface area contributed by atoms with Gasteiger partial charge in [0, 0.05) is 23.9 Å². The molecular formula is C18H22FN3O2S. The number of aromatic nitrogens is 1. The number of carbonyl (C=O) groups is 1. The van der Waals surface area contributed by atoms with Gasteiger partial charge in [-0.05, 0) is 38.1 Å². The van der Waals surface area contributed by atoms with Crippen LogP contribution in [0.5, 0.6) is 0 Å². The average molecular weight is 363 g/mol. The number of rotatable bonds is 8. The lowest BCUT2D eigenvalue weighted by Gasteiger charge is -2.13. The fraction of sp³-hybridized carbons (Fsp3) is 0.444. The molecule has 1 aliphatic heterocycles. The van der Waals surface area contributed by atoms with Gasteiger partial charge < -0.3 is 14.7 Å². The number of hydrogen-bond acceptors (Lipinski definition) is 5. The number of nitrogens with one attached hydrogen (secondary N) is 1. The van der Waals surface area contributed by atoms with Crippen LogP contribution < -0.4 is 5.32 Å². The van der Waals surface area contributed by atoms with Gasteiger partial charge in [-0.3, -0.25) is 4.79 Å². The molecule has 2 aromatic rings. The summed E-state index contributed by atoms with van der Waals surface area (Å²) in [7, 11) is 0. The molecule has 0 bridgehead atoms. The minimum atomic E-state index is -0.318. The third kappa shape index (κ3) is 5.57. The van der Waals surface area contributed by atoms with E-state index in [9.17, 15) is 9.18 Å². The Bertz CT molecular complexity index is 701. The Morgan fingerprint density at radius 2 is 2.16 bits per heavy atom. The van der Waals surface area contributed by atoms with E-state index >= 15 is 0 Å². The number of carbonyl (C=O) groups excluding carboxylic acids is 1. The molecule has 0 radical (unpaired) electrons. The highest BCUT2D eigenvalue weighted by atomic mass is 32.2.